The summed E-state index contributed by atoms with van der Waals surface area (Å²) in [4.78, 5) is 20.2. The fraction of sp³-hybridized carbons (Fsp3) is 0.500. The van der Waals surface area contributed by atoms with Crippen LogP contribution in [0.2, 0.25) is 0 Å². The van der Waals surface area contributed by atoms with Crippen molar-refractivity contribution in [1.29, 1.82) is 0 Å². The Bertz CT molecular complexity index is 1080. The Kier molecular flexibility index (Phi) is 4.95. The van der Waals surface area contributed by atoms with Crippen molar-refractivity contribution in [3.05, 3.63) is 24.8 Å². The van der Waals surface area contributed by atoms with E-state index >= 15 is 0 Å². The molecule has 8 nitrogen and oxygen atoms in total. The molecular weight excluding hydrogens is 394 g/mol. The molecule has 1 saturated heterocycles. The first-order chi connectivity index (χ1) is 14.1. The lowest BCUT2D eigenvalue weighted by atomic mass is 10.0. The van der Waals surface area contributed by atoms with Crippen molar-refractivity contribution in [2.24, 2.45) is 5.92 Å². The lowest BCUT2D eigenvalue weighted by molar-refractivity contribution is -0.119. The minimum absolute atomic E-state index is 0.0467. The van der Waals surface area contributed by atoms with Crippen LogP contribution >= 0.6 is 0 Å². The summed E-state index contributed by atoms with van der Waals surface area (Å²) >= 11 is 0. The van der Waals surface area contributed by atoms with E-state index < -0.39 is 12.7 Å². The van der Waals surface area contributed by atoms with E-state index in [2.05, 4.69) is 20.4 Å². The number of alkyl halides is 2. The molecule has 1 fully saturated rings. The van der Waals surface area contributed by atoms with E-state index in [-0.39, 0.29) is 28.8 Å². The number of aromatic nitrogens is 5. The van der Waals surface area contributed by atoms with Gasteiger partial charge < -0.3 is 10.1 Å². The van der Waals surface area contributed by atoms with Gasteiger partial charge in [-0.05, 0) is 33.8 Å². The quantitative estimate of drug-likeness (QED) is 0.687. The minimum Gasteiger partial charge on any atom is -0.473 e. The zero-order valence-electron chi connectivity index (χ0n) is 17.3. The Morgan fingerprint density at radius 1 is 1.33 bits per heavy atom. The number of carbonyl (C=O) groups is 1. The van der Waals surface area contributed by atoms with E-state index in [4.69, 9.17) is 4.74 Å². The number of carbonyl (C=O) groups excluding carboxylic acids is 1. The van der Waals surface area contributed by atoms with Crippen LogP contribution in [0.3, 0.4) is 0 Å². The predicted octanol–water partition coefficient (Wildman–Crippen LogP) is 3.35. The van der Waals surface area contributed by atoms with Crippen LogP contribution in [-0.2, 0) is 10.3 Å². The van der Waals surface area contributed by atoms with Crippen molar-refractivity contribution in [3.8, 4) is 17.1 Å². The Balaban J connectivity index is 1.76. The first kappa shape index (κ1) is 20.2. The highest BCUT2D eigenvalue weighted by Gasteiger charge is 2.30. The molecule has 4 heterocycles. The van der Waals surface area contributed by atoms with E-state index in [1.54, 1.807) is 12.3 Å². The maximum atomic E-state index is 13.5. The molecule has 160 valence electrons. The van der Waals surface area contributed by atoms with Crippen LogP contribution < -0.4 is 10.1 Å². The van der Waals surface area contributed by atoms with Gasteiger partial charge in [-0.25, -0.2) is 9.97 Å². The minimum atomic E-state index is -2.78. The van der Waals surface area contributed by atoms with Gasteiger partial charge >= 0.3 is 6.55 Å². The predicted molar refractivity (Wildman–Crippen MR) is 106 cm³/mol. The first-order valence-electron chi connectivity index (χ1n) is 9.78. The largest absolute Gasteiger partial charge is 0.473 e. The number of rotatable bonds is 5. The number of ether oxygens (including phenoxy) is 1. The average Bonchev–Trinajstić information content (AvgIpc) is 3.39. The molecule has 0 radical (unpaired) electrons. The highest BCUT2D eigenvalue weighted by Crippen LogP contribution is 2.33. The van der Waals surface area contributed by atoms with Gasteiger partial charge in [-0.2, -0.15) is 13.9 Å². The fourth-order valence-electron chi connectivity index (χ4n) is 3.46. The second-order valence-corrected chi connectivity index (χ2v) is 8.55. The second kappa shape index (κ2) is 7.33. The molecular formula is C20H24F2N6O2. The van der Waals surface area contributed by atoms with E-state index in [0.29, 0.717) is 24.2 Å². The van der Waals surface area contributed by atoms with Gasteiger partial charge in [0, 0.05) is 30.6 Å². The Morgan fingerprint density at radius 3 is 2.70 bits per heavy atom. The van der Waals surface area contributed by atoms with Crippen LogP contribution in [0.1, 0.15) is 40.7 Å². The molecule has 0 aromatic carbocycles. The van der Waals surface area contributed by atoms with Crippen molar-refractivity contribution >= 4 is 16.9 Å². The first-order valence-corrected chi connectivity index (χ1v) is 9.78. The van der Waals surface area contributed by atoms with Crippen LogP contribution in [0.25, 0.3) is 22.3 Å². The lowest BCUT2D eigenvalue weighted by Crippen LogP contribution is -2.26. The number of hydrogen-bond donors (Lipinski definition) is 1. The van der Waals surface area contributed by atoms with Gasteiger partial charge in [-0.3, -0.25) is 14.0 Å². The van der Waals surface area contributed by atoms with E-state index in [9.17, 15) is 13.6 Å². The molecule has 4 rings (SSSR count). The third-order valence-electron chi connectivity index (χ3n) is 5.27. The summed E-state index contributed by atoms with van der Waals surface area (Å²) in [6.45, 7) is 5.59. The fourth-order valence-corrected chi connectivity index (χ4v) is 3.46. The van der Waals surface area contributed by atoms with Gasteiger partial charge in [0.25, 0.3) is 0 Å². The summed E-state index contributed by atoms with van der Waals surface area (Å²) in [7, 11) is 0. The smallest absolute Gasteiger partial charge is 0.320 e. The molecule has 0 aliphatic carbocycles. The zero-order chi connectivity index (χ0) is 21.6. The third-order valence-corrected chi connectivity index (χ3v) is 5.27. The Hall–Kier alpha value is -3.04. The normalized spacial score (nSPS) is 18.2. The number of imidazole rings is 1. The topological polar surface area (TPSA) is 86.9 Å². The molecule has 2 atom stereocenters. The molecule has 0 saturated carbocycles. The third kappa shape index (κ3) is 3.73. The van der Waals surface area contributed by atoms with Gasteiger partial charge in [0.05, 0.1) is 22.9 Å². The number of halogens is 2. The summed E-state index contributed by atoms with van der Waals surface area (Å²) in [5, 5.41) is 7.15. The van der Waals surface area contributed by atoms with Crippen molar-refractivity contribution in [2.45, 2.75) is 52.3 Å². The van der Waals surface area contributed by atoms with Crippen LogP contribution in [0.15, 0.2) is 24.8 Å². The molecule has 3 aromatic rings. The van der Waals surface area contributed by atoms with Crippen molar-refractivity contribution in [3.63, 3.8) is 0 Å². The summed E-state index contributed by atoms with van der Waals surface area (Å²) in [6, 6.07) is 1.65. The number of hydrogen-bond acceptors (Lipinski definition) is 5. The number of pyridine rings is 1. The molecule has 1 unspecified atom stereocenters. The van der Waals surface area contributed by atoms with Gasteiger partial charge in [0.15, 0.2) is 0 Å². The maximum Gasteiger partial charge on any atom is 0.320 e. The Morgan fingerprint density at radius 2 is 2.10 bits per heavy atom. The summed E-state index contributed by atoms with van der Waals surface area (Å²) in [5.41, 5.74) is 1.52. The average molecular weight is 418 g/mol. The van der Waals surface area contributed by atoms with E-state index in [0.717, 1.165) is 16.5 Å². The zero-order valence-corrected chi connectivity index (χ0v) is 17.3. The highest BCUT2D eigenvalue weighted by molar-refractivity contribution is 5.84. The summed E-state index contributed by atoms with van der Waals surface area (Å²) in [6.07, 6.45) is 4.54. The number of nitrogens with one attached hydrogen (secondary N) is 1. The van der Waals surface area contributed by atoms with Crippen LogP contribution in [0.5, 0.6) is 5.88 Å². The molecule has 1 aliphatic heterocycles. The van der Waals surface area contributed by atoms with Gasteiger partial charge in [-0.15, -0.1) is 0 Å². The second-order valence-electron chi connectivity index (χ2n) is 8.55. The van der Waals surface area contributed by atoms with E-state index in [1.807, 2.05) is 38.6 Å². The van der Waals surface area contributed by atoms with Gasteiger partial charge in [-0.1, -0.05) is 0 Å². The maximum absolute atomic E-state index is 13.5. The molecule has 0 spiro atoms. The summed E-state index contributed by atoms with van der Waals surface area (Å²) in [5.74, 6) is -0.0465. The molecule has 10 heteroatoms. The molecule has 1 aliphatic rings. The van der Waals surface area contributed by atoms with Crippen molar-refractivity contribution in [1.82, 2.24) is 29.6 Å². The number of nitrogens with zero attached hydrogens (tertiary/aromatic N) is 5. The van der Waals surface area contributed by atoms with Crippen LogP contribution in [0, 0.1) is 5.92 Å². The van der Waals surface area contributed by atoms with Crippen molar-refractivity contribution < 1.29 is 18.3 Å². The Labute approximate surface area is 172 Å². The molecule has 0 bridgehead atoms. The highest BCUT2D eigenvalue weighted by atomic mass is 19.3. The SMILES string of the molecule is C[C@@H](Oc1nc(-c2cnn(C(C)(C)C)c2)cc2ncn(C(F)F)c12)C1CNC(=O)C1. The van der Waals surface area contributed by atoms with Crippen molar-refractivity contribution in [2.75, 3.05) is 6.54 Å². The standard InChI is InChI=1S/C20H24F2N6O2/c1-11(12-5-16(29)23-7-12)30-18-17-15(24-10-27(17)19(21)22)6-14(26-18)13-8-25-28(9-13)20(2,3)4/h6,8-12,19H,5,7H2,1-4H3,(H,23,29)/t11-,12?/m1/s1. The lowest BCUT2D eigenvalue weighted by Gasteiger charge is -2.20. The number of fused-ring (bicyclic) bond motifs is 1. The number of amides is 1. The molecule has 1 amide bonds. The van der Waals surface area contributed by atoms with Crippen LogP contribution in [0.4, 0.5) is 8.78 Å². The summed E-state index contributed by atoms with van der Waals surface area (Å²) < 4.78 is 35.6. The van der Waals surface area contributed by atoms with Crippen LogP contribution in [-0.4, -0.2) is 42.9 Å². The van der Waals surface area contributed by atoms with Gasteiger partial charge in [0.2, 0.25) is 11.8 Å². The molecule has 30 heavy (non-hydrogen) atoms. The molecule has 3 aromatic heterocycles. The molecule has 1 N–H and O–H groups in total. The monoisotopic (exact) mass is 418 g/mol. The van der Waals surface area contributed by atoms with Gasteiger partial charge in [0.1, 0.15) is 17.9 Å². The van der Waals surface area contributed by atoms with E-state index in [1.165, 1.54) is 0 Å².